The van der Waals surface area contributed by atoms with E-state index in [1.165, 1.54) is 16.0 Å². The Labute approximate surface area is 154 Å². The molecule has 0 aliphatic carbocycles. The van der Waals surface area contributed by atoms with Gasteiger partial charge in [0.15, 0.2) is 0 Å². The summed E-state index contributed by atoms with van der Waals surface area (Å²) in [7, 11) is 1.61. The number of aromatic nitrogens is 4. The highest BCUT2D eigenvalue weighted by Gasteiger charge is 2.21. The van der Waals surface area contributed by atoms with Gasteiger partial charge in [0.1, 0.15) is 15.7 Å². The molecule has 3 aromatic rings. The molecule has 3 heterocycles. The molecule has 0 aromatic carbocycles. The van der Waals surface area contributed by atoms with Gasteiger partial charge >= 0.3 is 0 Å². The summed E-state index contributed by atoms with van der Waals surface area (Å²) < 4.78 is 1.30. The smallest absolute Gasteiger partial charge is 0.277 e. The van der Waals surface area contributed by atoms with Gasteiger partial charge in [-0.1, -0.05) is 6.07 Å². The van der Waals surface area contributed by atoms with Crippen LogP contribution in [-0.2, 0) is 7.05 Å². The van der Waals surface area contributed by atoms with Crippen molar-refractivity contribution in [1.29, 1.82) is 0 Å². The lowest BCUT2D eigenvalue weighted by molar-refractivity contribution is 0.102. The fourth-order valence-corrected chi connectivity index (χ4v) is 3.58. The van der Waals surface area contributed by atoms with Gasteiger partial charge in [-0.2, -0.15) is 5.10 Å². The second-order valence-corrected chi connectivity index (χ2v) is 7.12. The average Bonchev–Trinajstić information content (AvgIpc) is 2.97. The van der Waals surface area contributed by atoms with Crippen LogP contribution in [0.5, 0.6) is 0 Å². The molecule has 0 radical (unpaired) electrons. The topological polar surface area (TPSA) is 89.8 Å². The summed E-state index contributed by atoms with van der Waals surface area (Å²) in [4.78, 5) is 34.2. The molecule has 3 aromatic heterocycles. The standard InChI is InChI=1S/C18H19N5O2S/c1-9-6-7-13(19-8-9)21-16(24)15-12(4)20-17(26-15)14-10(2)11(3)22-23(5)18(14)25/h6-8H,1-5H3,(H,19,21,24). The summed E-state index contributed by atoms with van der Waals surface area (Å²) in [6, 6.07) is 3.62. The zero-order chi connectivity index (χ0) is 19.0. The number of aryl methyl sites for hydroxylation is 4. The van der Waals surface area contributed by atoms with E-state index in [4.69, 9.17) is 0 Å². The molecule has 26 heavy (non-hydrogen) atoms. The SMILES string of the molecule is Cc1ccc(NC(=O)c2sc(-c3c(C)c(C)nn(C)c3=O)nc2C)nc1. The van der Waals surface area contributed by atoms with Crippen LogP contribution in [0.4, 0.5) is 5.82 Å². The number of nitrogens with zero attached hydrogens (tertiary/aromatic N) is 4. The quantitative estimate of drug-likeness (QED) is 0.767. The summed E-state index contributed by atoms with van der Waals surface area (Å²) in [6.07, 6.45) is 1.69. The van der Waals surface area contributed by atoms with E-state index in [1.807, 2.05) is 26.8 Å². The molecule has 3 rings (SSSR count). The predicted molar refractivity (Wildman–Crippen MR) is 102 cm³/mol. The normalized spacial score (nSPS) is 10.8. The third kappa shape index (κ3) is 3.28. The van der Waals surface area contributed by atoms with Crippen LogP contribution in [0.25, 0.3) is 10.6 Å². The van der Waals surface area contributed by atoms with E-state index in [-0.39, 0.29) is 11.5 Å². The zero-order valence-electron chi connectivity index (χ0n) is 15.2. The number of amides is 1. The van der Waals surface area contributed by atoms with Crippen LogP contribution in [0.15, 0.2) is 23.1 Å². The Morgan fingerprint density at radius 3 is 2.54 bits per heavy atom. The monoisotopic (exact) mass is 369 g/mol. The van der Waals surface area contributed by atoms with Crippen molar-refractivity contribution in [3.63, 3.8) is 0 Å². The minimum atomic E-state index is -0.289. The lowest BCUT2D eigenvalue weighted by atomic mass is 10.1. The lowest BCUT2D eigenvalue weighted by Gasteiger charge is -2.07. The number of nitrogens with one attached hydrogen (secondary N) is 1. The number of thiazole rings is 1. The summed E-state index contributed by atoms with van der Waals surface area (Å²) >= 11 is 1.20. The van der Waals surface area contributed by atoms with Crippen LogP contribution in [0.3, 0.4) is 0 Å². The summed E-state index contributed by atoms with van der Waals surface area (Å²) in [5.41, 5.74) is 3.37. The summed E-state index contributed by atoms with van der Waals surface area (Å²) in [5, 5.41) is 7.47. The Bertz CT molecular complexity index is 1050. The van der Waals surface area contributed by atoms with Crippen molar-refractivity contribution < 1.29 is 4.79 Å². The second kappa shape index (κ2) is 6.80. The number of carbonyl (C=O) groups is 1. The number of pyridine rings is 1. The first-order valence-electron chi connectivity index (χ1n) is 8.04. The summed E-state index contributed by atoms with van der Waals surface area (Å²) in [5.74, 6) is 0.185. The van der Waals surface area contributed by atoms with Crippen molar-refractivity contribution in [2.45, 2.75) is 27.7 Å². The zero-order valence-corrected chi connectivity index (χ0v) is 16.1. The van der Waals surface area contributed by atoms with E-state index in [9.17, 15) is 9.59 Å². The van der Waals surface area contributed by atoms with E-state index in [0.717, 1.165) is 16.8 Å². The van der Waals surface area contributed by atoms with Crippen molar-refractivity contribution in [1.82, 2.24) is 19.7 Å². The summed E-state index contributed by atoms with van der Waals surface area (Å²) in [6.45, 7) is 7.37. The maximum Gasteiger partial charge on any atom is 0.277 e. The van der Waals surface area contributed by atoms with Gasteiger partial charge in [-0.05, 0) is 44.9 Å². The Morgan fingerprint density at radius 1 is 1.15 bits per heavy atom. The van der Waals surface area contributed by atoms with Gasteiger partial charge in [-0.25, -0.2) is 14.6 Å². The van der Waals surface area contributed by atoms with Gasteiger partial charge < -0.3 is 5.32 Å². The highest BCUT2D eigenvalue weighted by Crippen LogP contribution is 2.29. The fourth-order valence-electron chi connectivity index (χ4n) is 2.53. The first-order valence-corrected chi connectivity index (χ1v) is 8.86. The van der Waals surface area contributed by atoms with Crippen molar-refractivity contribution >= 4 is 23.1 Å². The van der Waals surface area contributed by atoms with E-state index < -0.39 is 0 Å². The molecule has 1 N–H and O–H groups in total. The Balaban J connectivity index is 1.99. The number of rotatable bonds is 3. The molecular weight excluding hydrogens is 350 g/mol. The van der Waals surface area contributed by atoms with E-state index in [2.05, 4.69) is 20.4 Å². The van der Waals surface area contributed by atoms with Crippen LogP contribution in [0, 0.1) is 27.7 Å². The van der Waals surface area contributed by atoms with Crippen LogP contribution in [0.1, 0.15) is 32.2 Å². The van der Waals surface area contributed by atoms with E-state index in [1.54, 1.807) is 26.2 Å². The number of carbonyl (C=O) groups excluding carboxylic acids is 1. The van der Waals surface area contributed by atoms with Crippen molar-refractivity contribution in [3.05, 3.63) is 56.1 Å². The molecule has 0 spiro atoms. The highest BCUT2D eigenvalue weighted by atomic mass is 32.1. The molecular formula is C18H19N5O2S. The van der Waals surface area contributed by atoms with Crippen molar-refractivity contribution in [2.75, 3.05) is 5.32 Å². The molecule has 134 valence electrons. The van der Waals surface area contributed by atoms with Crippen LogP contribution < -0.4 is 10.9 Å². The highest BCUT2D eigenvalue weighted by molar-refractivity contribution is 7.17. The first-order chi connectivity index (χ1) is 12.3. The molecule has 0 bridgehead atoms. The Hall–Kier alpha value is -2.87. The number of anilines is 1. The van der Waals surface area contributed by atoms with Gasteiger partial charge in [-0.15, -0.1) is 11.3 Å². The molecule has 0 saturated heterocycles. The Kier molecular flexibility index (Phi) is 4.69. The molecule has 0 fully saturated rings. The predicted octanol–water partition coefficient (Wildman–Crippen LogP) is 2.78. The molecule has 0 aliphatic rings. The van der Waals surface area contributed by atoms with Gasteiger partial charge in [0.05, 0.1) is 17.0 Å². The van der Waals surface area contributed by atoms with Crippen LogP contribution in [0.2, 0.25) is 0 Å². The molecule has 0 atom stereocenters. The third-order valence-electron chi connectivity index (χ3n) is 4.10. The average molecular weight is 369 g/mol. The molecule has 7 nitrogen and oxygen atoms in total. The van der Waals surface area contributed by atoms with Crippen LogP contribution in [-0.4, -0.2) is 25.7 Å². The van der Waals surface area contributed by atoms with Crippen molar-refractivity contribution in [3.8, 4) is 10.6 Å². The molecule has 0 aliphatic heterocycles. The van der Waals surface area contributed by atoms with E-state index in [0.29, 0.717) is 27.0 Å². The lowest BCUT2D eigenvalue weighted by Crippen LogP contribution is -2.23. The van der Waals surface area contributed by atoms with Gasteiger partial charge in [0.25, 0.3) is 11.5 Å². The van der Waals surface area contributed by atoms with Gasteiger partial charge in [0, 0.05) is 13.2 Å². The molecule has 1 amide bonds. The largest absolute Gasteiger partial charge is 0.306 e. The first kappa shape index (κ1) is 17.9. The fraction of sp³-hybridized carbons (Fsp3) is 0.278. The molecule has 8 heteroatoms. The number of hydrogen-bond donors (Lipinski definition) is 1. The second-order valence-electron chi connectivity index (χ2n) is 6.12. The maximum absolute atomic E-state index is 12.6. The number of hydrogen-bond acceptors (Lipinski definition) is 6. The third-order valence-corrected chi connectivity index (χ3v) is 5.27. The minimum absolute atomic E-state index is 0.228. The van der Waals surface area contributed by atoms with Gasteiger partial charge in [-0.3, -0.25) is 9.59 Å². The van der Waals surface area contributed by atoms with Crippen LogP contribution >= 0.6 is 11.3 Å². The van der Waals surface area contributed by atoms with Crippen molar-refractivity contribution in [2.24, 2.45) is 7.05 Å². The maximum atomic E-state index is 12.6. The molecule has 0 saturated carbocycles. The van der Waals surface area contributed by atoms with E-state index >= 15 is 0 Å². The minimum Gasteiger partial charge on any atom is -0.306 e. The van der Waals surface area contributed by atoms with Gasteiger partial charge in [0.2, 0.25) is 0 Å². The molecule has 0 unspecified atom stereocenters. The Morgan fingerprint density at radius 2 is 1.88 bits per heavy atom.